The van der Waals surface area contributed by atoms with Crippen molar-refractivity contribution in [3.63, 3.8) is 0 Å². The third kappa shape index (κ3) is 41.2. The van der Waals surface area contributed by atoms with E-state index < -0.39 is 225 Å². The monoisotopic (exact) mass is 1570 g/mol. The van der Waals surface area contributed by atoms with E-state index in [0.29, 0.717) is 18.4 Å². The van der Waals surface area contributed by atoms with Crippen molar-refractivity contribution in [1.29, 1.82) is 0 Å². The minimum absolute atomic E-state index is 0.0106. The summed E-state index contributed by atoms with van der Waals surface area (Å²) >= 11 is 0. The molecule has 1 rings (SSSR count). The Morgan fingerprint density at radius 3 is 1.23 bits per heavy atom. The van der Waals surface area contributed by atoms with Gasteiger partial charge in [-0.3, -0.25) is 86.7 Å². The van der Waals surface area contributed by atoms with Crippen LogP contribution >= 0.6 is 0 Å². The number of nitrogens with two attached hydrogens (primary N) is 5. The molecule has 40 nitrogen and oxygen atoms in total. The zero-order chi connectivity index (χ0) is 84.0. The van der Waals surface area contributed by atoms with Gasteiger partial charge in [0, 0.05) is 45.2 Å². The van der Waals surface area contributed by atoms with Gasteiger partial charge in [0.15, 0.2) is 11.9 Å². The van der Waals surface area contributed by atoms with Crippen LogP contribution in [-0.4, -0.2) is 219 Å². The average molecular weight is 1570 g/mol. The molecule has 622 valence electrons. The van der Waals surface area contributed by atoms with E-state index in [9.17, 15) is 102 Å². The maximum Gasteiger partial charge on any atom is 0.326 e. The molecule has 0 heterocycles. The number of benzene rings is 1. The summed E-state index contributed by atoms with van der Waals surface area (Å²) in [5.41, 5.74) is 28.2. The predicted molar refractivity (Wildman–Crippen MR) is 404 cm³/mol. The molecule has 26 N–H and O–H groups in total. The number of carbonyl (C=O) groups excluding carboxylic acids is 13. The number of guanidine groups is 2. The molecule has 0 aliphatic carbocycles. The van der Waals surface area contributed by atoms with Gasteiger partial charge < -0.3 is 113 Å². The fourth-order valence-corrected chi connectivity index (χ4v) is 10.9. The van der Waals surface area contributed by atoms with Gasteiger partial charge in [-0.1, -0.05) is 117 Å². The number of rotatable bonds is 57. The fourth-order valence-electron chi connectivity index (χ4n) is 10.9. The zero-order valence-electron chi connectivity index (χ0n) is 64.5. The SMILES string of the molecule is CCCCCCCC(=O)N[C@H](C(=O)N[C@@H](C)C(=O)N[C@@H](CCC(N)=O)C(=O)N[C@@H](CCC(=O)O)C(=O)N[C@@H](CC(C)C)C(=O)N[C@@H](CCCN=C(N)N)C(=O)N[C@@H](CCCN=C(N)N)C(=O)N[C@H](C(=O)NCC(=O)N[C@@H](CC(=O)O)C(=O)N[C@@H](CCC(=O)O)C(=O)N[C@@H](Cc1ccccc1)C(=O)O)[C@@H](C)CC)[C@@H](C)CC. The summed E-state index contributed by atoms with van der Waals surface area (Å²) < 4.78 is 0. The minimum atomic E-state index is -1.99. The molecule has 0 unspecified atom stereocenters. The highest BCUT2D eigenvalue weighted by Gasteiger charge is 2.38. The second kappa shape index (κ2) is 52.7. The van der Waals surface area contributed by atoms with Gasteiger partial charge in [0.2, 0.25) is 76.8 Å². The Labute approximate surface area is 644 Å². The van der Waals surface area contributed by atoms with E-state index in [-0.39, 0.29) is 88.2 Å². The number of aliphatic carboxylic acids is 4. The van der Waals surface area contributed by atoms with Crippen LogP contribution in [-0.2, 0) is 87.9 Å². The van der Waals surface area contributed by atoms with E-state index in [1.54, 1.807) is 65.0 Å². The van der Waals surface area contributed by atoms with Crippen molar-refractivity contribution in [1.82, 2.24) is 63.8 Å². The summed E-state index contributed by atoms with van der Waals surface area (Å²) in [6.07, 6.45) is -0.487. The van der Waals surface area contributed by atoms with Crippen LogP contribution in [0.3, 0.4) is 0 Å². The average Bonchev–Trinajstić information content (AvgIpc) is 0.856. The molecule has 0 saturated carbocycles. The van der Waals surface area contributed by atoms with E-state index in [1.807, 2.05) is 6.92 Å². The van der Waals surface area contributed by atoms with Crippen LogP contribution in [0.2, 0.25) is 0 Å². The van der Waals surface area contributed by atoms with Gasteiger partial charge in [-0.2, -0.15) is 0 Å². The Hall–Kier alpha value is -11.3. The molecule has 1 aromatic rings. The molecule has 13 amide bonds. The van der Waals surface area contributed by atoms with Crippen LogP contribution in [0, 0.1) is 17.8 Å². The molecule has 13 atom stereocenters. The Morgan fingerprint density at radius 1 is 0.387 bits per heavy atom. The van der Waals surface area contributed by atoms with E-state index in [4.69, 9.17) is 28.7 Å². The molecular formula is C71H117N19O21. The first kappa shape index (κ1) is 97.8. The van der Waals surface area contributed by atoms with Gasteiger partial charge in [-0.05, 0) is 88.0 Å². The van der Waals surface area contributed by atoms with Crippen LogP contribution in [0.4, 0.5) is 0 Å². The summed E-state index contributed by atoms with van der Waals surface area (Å²) in [6, 6.07) is -9.34. The molecule has 40 heteroatoms. The van der Waals surface area contributed by atoms with Gasteiger partial charge in [0.1, 0.15) is 66.5 Å². The van der Waals surface area contributed by atoms with Crippen molar-refractivity contribution in [2.45, 2.75) is 257 Å². The number of carboxylic acids is 4. The van der Waals surface area contributed by atoms with E-state index in [1.165, 1.54) is 6.92 Å². The number of nitrogens with zero attached hydrogens (tertiary/aromatic N) is 2. The van der Waals surface area contributed by atoms with Gasteiger partial charge in [-0.15, -0.1) is 0 Å². The van der Waals surface area contributed by atoms with Crippen molar-refractivity contribution in [2.75, 3.05) is 19.6 Å². The van der Waals surface area contributed by atoms with Crippen LogP contribution < -0.4 is 92.5 Å². The highest BCUT2D eigenvalue weighted by molar-refractivity contribution is 6.00. The standard InChI is InChI=1S/C71H117N19O21/c1-9-12-13-14-18-25-52(92)89-58(40(7)11-3)68(109)80-41(8)59(100)82-45(26-29-51(72)91)61(102)85-46(27-30-54(94)95)62(103)87-48(34-38(4)5)65(106)84-43(23-19-32-77-70(73)74)60(101)83-44(24-20-33-78-71(75)76)64(105)90-57(39(6)10-2)67(108)79-37-53(93)81-49(36-56(98)99)66(107)86-47(28-31-55(96)97)63(104)88-50(69(110)111)35-42-21-16-15-17-22-42/h15-17,21-22,38-41,43-50,57-58H,9-14,18-20,23-37H2,1-8H3,(H2,72,91)(H,79,108)(H,80,109)(H,81,93)(H,82,100)(H,83,101)(H,84,106)(H,85,102)(H,86,107)(H,87,103)(H,88,104)(H,89,92)(H,90,105)(H,94,95)(H,96,97)(H,98,99)(H,110,111)(H4,73,74,77)(H4,75,76,78)/t39-,40-,41-,43-,44-,45-,46-,47-,48-,49-,50-,57-,58-/m0/s1. The number of carboxylic acid groups (broad SMARTS) is 4. The third-order valence-electron chi connectivity index (χ3n) is 17.6. The number of hydrogen-bond acceptors (Lipinski definition) is 19. The lowest BCUT2D eigenvalue weighted by Gasteiger charge is -2.29. The summed E-state index contributed by atoms with van der Waals surface area (Å²) in [4.78, 5) is 235. The fraction of sp³-hybridized carbons (Fsp3) is 0.648. The lowest BCUT2D eigenvalue weighted by atomic mass is 9.97. The molecule has 0 saturated heterocycles. The Bertz CT molecular complexity index is 3350. The highest BCUT2D eigenvalue weighted by Crippen LogP contribution is 2.16. The molecule has 0 spiro atoms. The van der Waals surface area contributed by atoms with E-state index >= 15 is 0 Å². The molecule has 0 bridgehead atoms. The molecule has 1 aromatic carbocycles. The summed E-state index contributed by atoms with van der Waals surface area (Å²) in [6.45, 7) is 12.2. The second-order valence-corrected chi connectivity index (χ2v) is 27.5. The van der Waals surface area contributed by atoms with Crippen molar-refractivity contribution < 1.29 is 102 Å². The van der Waals surface area contributed by atoms with E-state index in [0.717, 1.165) is 25.7 Å². The van der Waals surface area contributed by atoms with Crippen molar-refractivity contribution >= 4 is 113 Å². The molecule has 0 aliphatic heterocycles. The number of amides is 13. The molecule has 0 radical (unpaired) electrons. The zero-order valence-corrected chi connectivity index (χ0v) is 64.5. The minimum Gasteiger partial charge on any atom is -0.481 e. The third-order valence-corrected chi connectivity index (χ3v) is 17.6. The Morgan fingerprint density at radius 2 is 0.802 bits per heavy atom. The van der Waals surface area contributed by atoms with Crippen LogP contribution in [0.25, 0.3) is 0 Å². The van der Waals surface area contributed by atoms with Gasteiger partial charge >= 0.3 is 23.9 Å². The van der Waals surface area contributed by atoms with Crippen LogP contribution in [0.5, 0.6) is 0 Å². The first-order valence-corrected chi connectivity index (χ1v) is 37.1. The first-order chi connectivity index (χ1) is 52.2. The maximum atomic E-state index is 14.7. The summed E-state index contributed by atoms with van der Waals surface area (Å²) in [5, 5.41) is 68.1. The van der Waals surface area contributed by atoms with E-state index in [2.05, 4.69) is 80.7 Å². The predicted octanol–water partition coefficient (Wildman–Crippen LogP) is -3.14. The van der Waals surface area contributed by atoms with Gasteiger partial charge in [0.25, 0.3) is 0 Å². The number of primary amides is 1. The van der Waals surface area contributed by atoms with Crippen LogP contribution in [0.15, 0.2) is 40.3 Å². The largest absolute Gasteiger partial charge is 0.481 e. The quantitative estimate of drug-likeness (QED) is 0.0174. The second-order valence-electron chi connectivity index (χ2n) is 27.5. The molecule has 111 heavy (non-hydrogen) atoms. The topological polar surface area (TPSA) is 670 Å². The number of unbranched alkanes of at least 4 members (excludes halogenated alkanes) is 4. The summed E-state index contributed by atoms with van der Waals surface area (Å²) in [7, 11) is 0. The first-order valence-electron chi connectivity index (χ1n) is 37.1. The molecule has 0 aromatic heterocycles. The van der Waals surface area contributed by atoms with Gasteiger partial charge in [-0.25, -0.2) is 4.79 Å². The number of aliphatic imine (C=N–C) groups is 2. The lowest BCUT2D eigenvalue weighted by molar-refractivity contribution is -0.143. The number of nitrogens with one attached hydrogen (secondary N) is 12. The molecular weight excluding hydrogens is 1450 g/mol. The van der Waals surface area contributed by atoms with Crippen molar-refractivity contribution in [2.24, 2.45) is 56.4 Å². The normalized spacial score (nSPS) is 14.5. The Balaban J connectivity index is 3.66. The van der Waals surface area contributed by atoms with Crippen LogP contribution in [0.1, 0.15) is 189 Å². The lowest BCUT2D eigenvalue weighted by Crippen LogP contribution is -2.60. The van der Waals surface area contributed by atoms with Gasteiger partial charge in [0.05, 0.1) is 13.0 Å². The molecule has 0 aliphatic rings. The highest BCUT2D eigenvalue weighted by atomic mass is 16.4. The number of carbonyl (C=O) groups is 17. The number of hydrogen-bond donors (Lipinski definition) is 21. The van der Waals surface area contributed by atoms with Crippen molar-refractivity contribution in [3.8, 4) is 0 Å². The maximum absolute atomic E-state index is 14.7. The Kier molecular flexibility index (Phi) is 46.5. The van der Waals surface area contributed by atoms with Crippen molar-refractivity contribution in [3.05, 3.63) is 35.9 Å². The molecule has 0 fully saturated rings. The smallest absolute Gasteiger partial charge is 0.326 e. The summed E-state index contributed by atoms with van der Waals surface area (Å²) in [5.74, 6) is -21.0.